The molecule has 122 valence electrons. The summed E-state index contributed by atoms with van der Waals surface area (Å²) in [5.74, 6) is -1.06. The monoisotopic (exact) mass is 314 g/mol. The van der Waals surface area contributed by atoms with Crippen molar-refractivity contribution in [3.8, 4) is 0 Å². The number of benzene rings is 1. The first kappa shape index (κ1) is 15.6. The van der Waals surface area contributed by atoms with Crippen molar-refractivity contribution in [2.24, 2.45) is 5.92 Å². The van der Waals surface area contributed by atoms with E-state index in [0.29, 0.717) is 25.7 Å². The predicted molar refractivity (Wildman–Crippen MR) is 88.3 cm³/mol. The topological polar surface area (TPSA) is 82.2 Å². The molecular formula is C18H22N2O3. The molecule has 0 radical (unpaired) electrons. The number of aliphatic carboxylic acids is 1. The van der Waals surface area contributed by atoms with Gasteiger partial charge in [0.2, 0.25) is 5.91 Å². The number of hydrogen-bond donors (Lipinski definition) is 3. The Labute approximate surface area is 135 Å². The van der Waals surface area contributed by atoms with Crippen LogP contribution >= 0.6 is 0 Å². The molecule has 2 atom stereocenters. The van der Waals surface area contributed by atoms with Crippen molar-refractivity contribution in [1.29, 1.82) is 0 Å². The quantitative estimate of drug-likeness (QED) is 0.793. The number of rotatable bonds is 5. The van der Waals surface area contributed by atoms with Crippen LogP contribution in [0.1, 0.15) is 36.8 Å². The van der Waals surface area contributed by atoms with Gasteiger partial charge in [-0.2, -0.15) is 0 Å². The summed E-state index contributed by atoms with van der Waals surface area (Å²) in [6.45, 7) is 2.06. The Morgan fingerprint density at radius 1 is 1.35 bits per heavy atom. The van der Waals surface area contributed by atoms with Gasteiger partial charge in [-0.25, -0.2) is 0 Å². The van der Waals surface area contributed by atoms with Crippen LogP contribution in [0.25, 0.3) is 10.9 Å². The van der Waals surface area contributed by atoms with E-state index >= 15 is 0 Å². The van der Waals surface area contributed by atoms with Crippen LogP contribution in [0.3, 0.4) is 0 Å². The number of amides is 1. The van der Waals surface area contributed by atoms with Crippen molar-refractivity contribution >= 4 is 22.8 Å². The highest BCUT2D eigenvalue weighted by Gasteiger charge is 2.30. The molecule has 2 aromatic rings. The van der Waals surface area contributed by atoms with Gasteiger partial charge in [0.1, 0.15) is 0 Å². The zero-order chi connectivity index (χ0) is 16.4. The Bertz CT molecular complexity index is 735. The molecule has 5 heteroatoms. The maximum atomic E-state index is 12.1. The first-order valence-corrected chi connectivity index (χ1v) is 8.11. The van der Waals surface area contributed by atoms with E-state index in [2.05, 4.69) is 35.4 Å². The third-order valence-electron chi connectivity index (χ3n) is 4.69. The maximum absolute atomic E-state index is 12.1. The summed E-state index contributed by atoms with van der Waals surface area (Å²) in [7, 11) is 0. The lowest BCUT2D eigenvalue weighted by molar-refractivity contribution is -0.141. The SMILES string of the molecule is Cc1ccc2[nH]cc(CCC(=O)N[C@@H]3CC[C@H](C(=O)O)C3)c2c1. The summed E-state index contributed by atoms with van der Waals surface area (Å²) in [4.78, 5) is 26.3. The average molecular weight is 314 g/mol. The van der Waals surface area contributed by atoms with E-state index in [1.807, 2.05) is 6.20 Å². The molecule has 1 aromatic carbocycles. The highest BCUT2D eigenvalue weighted by Crippen LogP contribution is 2.26. The molecule has 3 rings (SSSR count). The van der Waals surface area contributed by atoms with Crippen LogP contribution in [0.2, 0.25) is 0 Å². The third-order valence-corrected chi connectivity index (χ3v) is 4.69. The highest BCUT2D eigenvalue weighted by molar-refractivity contribution is 5.85. The molecule has 1 amide bonds. The van der Waals surface area contributed by atoms with Crippen LogP contribution in [-0.4, -0.2) is 28.0 Å². The van der Waals surface area contributed by atoms with Gasteiger partial charge in [0.25, 0.3) is 0 Å². The largest absolute Gasteiger partial charge is 0.481 e. The van der Waals surface area contributed by atoms with Crippen molar-refractivity contribution in [1.82, 2.24) is 10.3 Å². The minimum absolute atomic E-state index is 0.00282. The van der Waals surface area contributed by atoms with E-state index in [9.17, 15) is 9.59 Å². The molecule has 0 bridgehead atoms. The highest BCUT2D eigenvalue weighted by atomic mass is 16.4. The number of carbonyl (C=O) groups excluding carboxylic acids is 1. The van der Waals surface area contributed by atoms with E-state index in [1.54, 1.807) is 0 Å². The fourth-order valence-corrected chi connectivity index (χ4v) is 3.38. The number of fused-ring (bicyclic) bond motifs is 1. The van der Waals surface area contributed by atoms with E-state index in [-0.39, 0.29) is 17.9 Å². The van der Waals surface area contributed by atoms with Gasteiger partial charge in [-0.3, -0.25) is 9.59 Å². The van der Waals surface area contributed by atoms with Crippen molar-refractivity contribution in [3.63, 3.8) is 0 Å². The lowest BCUT2D eigenvalue weighted by Crippen LogP contribution is -2.33. The molecule has 0 unspecified atom stereocenters. The molecule has 1 aliphatic carbocycles. The molecule has 1 aromatic heterocycles. The summed E-state index contributed by atoms with van der Waals surface area (Å²) in [5.41, 5.74) is 3.44. The number of H-pyrrole nitrogens is 1. The number of aromatic nitrogens is 1. The fraction of sp³-hybridized carbons (Fsp3) is 0.444. The van der Waals surface area contributed by atoms with Crippen LogP contribution in [-0.2, 0) is 16.0 Å². The van der Waals surface area contributed by atoms with Gasteiger partial charge in [-0.05, 0) is 50.3 Å². The van der Waals surface area contributed by atoms with Crippen LogP contribution < -0.4 is 5.32 Å². The minimum atomic E-state index is -0.754. The van der Waals surface area contributed by atoms with E-state index in [4.69, 9.17) is 5.11 Å². The Kier molecular flexibility index (Phi) is 4.37. The van der Waals surface area contributed by atoms with Gasteiger partial charge in [-0.1, -0.05) is 11.6 Å². The fourth-order valence-electron chi connectivity index (χ4n) is 3.38. The number of aromatic amines is 1. The number of nitrogens with one attached hydrogen (secondary N) is 2. The lowest BCUT2D eigenvalue weighted by atomic mass is 10.1. The Morgan fingerprint density at radius 2 is 2.17 bits per heavy atom. The number of aryl methyl sites for hydroxylation is 2. The van der Waals surface area contributed by atoms with Gasteiger partial charge in [-0.15, -0.1) is 0 Å². The first-order valence-electron chi connectivity index (χ1n) is 8.11. The van der Waals surface area contributed by atoms with E-state index in [0.717, 1.165) is 17.5 Å². The molecule has 1 heterocycles. The second-order valence-corrected chi connectivity index (χ2v) is 6.48. The molecule has 3 N–H and O–H groups in total. The molecule has 23 heavy (non-hydrogen) atoms. The van der Waals surface area contributed by atoms with E-state index in [1.165, 1.54) is 10.9 Å². The third kappa shape index (κ3) is 3.55. The number of carboxylic acids is 1. The summed E-state index contributed by atoms with van der Waals surface area (Å²) < 4.78 is 0. The zero-order valence-corrected chi connectivity index (χ0v) is 13.3. The smallest absolute Gasteiger partial charge is 0.306 e. The minimum Gasteiger partial charge on any atom is -0.481 e. The molecular weight excluding hydrogens is 292 g/mol. The van der Waals surface area contributed by atoms with Crippen LogP contribution in [0.4, 0.5) is 0 Å². The van der Waals surface area contributed by atoms with E-state index < -0.39 is 5.97 Å². The number of carbonyl (C=O) groups is 2. The summed E-state index contributed by atoms with van der Waals surface area (Å²) in [6.07, 6.45) is 5.04. The summed E-state index contributed by atoms with van der Waals surface area (Å²) in [6, 6.07) is 6.26. The second kappa shape index (κ2) is 6.44. The van der Waals surface area contributed by atoms with Crippen molar-refractivity contribution in [3.05, 3.63) is 35.5 Å². The van der Waals surface area contributed by atoms with Gasteiger partial charge in [0.15, 0.2) is 0 Å². The van der Waals surface area contributed by atoms with Gasteiger partial charge in [0, 0.05) is 29.6 Å². The molecule has 0 aliphatic heterocycles. The summed E-state index contributed by atoms with van der Waals surface area (Å²) in [5, 5.41) is 13.1. The van der Waals surface area contributed by atoms with Gasteiger partial charge < -0.3 is 15.4 Å². The van der Waals surface area contributed by atoms with Gasteiger partial charge in [0.05, 0.1) is 5.92 Å². The Morgan fingerprint density at radius 3 is 2.91 bits per heavy atom. The second-order valence-electron chi connectivity index (χ2n) is 6.48. The molecule has 1 fully saturated rings. The summed E-state index contributed by atoms with van der Waals surface area (Å²) >= 11 is 0. The number of carboxylic acid groups (broad SMARTS) is 1. The van der Waals surface area contributed by atoms with Gasteiger partial charge >= 0.3 is 5.97 Å². The van der Waals surface area contributed by atoms with Crippen LogP contribution in [0.15, 0.2) is 24.4 Å². The van der Waals surface area contributed by atoms with Crippen molar-refractivity contribution < 1.29 is 14.7 Å². The standard InChI is InChI=1S/C18H22N2O3/c1-11-2-6-16-15(8-11)13(10-19-16)4-7-17(21)20-14-5-3-12(9-14)18(22)23/h2,6,8,10,12,14,19H,3-5,7,9H2,1H3,(H,20,21)(H,22,23)/t12-,14+/m0/s1. The van der Waals surface area contributed by atoms with Crippen molar-refractivity contribution in [2.75, 3.05) is 0 Å². The molecule has 1 aliphatic rings. The normalized spacial score (nSPS) is 20.7. The molecule has 5 nitrogen and oxygen atoms in total. The zero-order valence-electron chi connectivity index (χ0n) is 13.3. The Hall–Kier alpha value is -2.30. The molecule has 1 saturated carbocycles. The Balaban J connectivity index is 1.54. The maximum Gasteiger partial charge on any atom is 0.306 e. The average Bonchev–Trinajstić information content (AvgIpc) is 3.12. The first-order chi connectivity index (χ1) is 11.0. The molecule has 0 saturated heterocycles. The lowest BCUT2D eigenvalue weighted by Gasteiger charge is -2.12. The predicted octanol–water partition coefficient (Wildman–Crippen LogP) is 2.78. The van der Waals surface area contributed by atoms with Crippen molar-refractivity contribution in [2.45, 2.75) is 45.1 Å². The van der Waals surface area contributed by atoms with Crippen LogP contribution in [0.5, 0.6) is 0 Å². The van der Waals surface area contributed by atoms with Crippen LogP contribution in [0, 0.1) is 12.8 Å². The molecule has 0 spiro atoms. The number of hydrogen-bond acceptors (Lipinski definition) is 2.